The first-order valence-electron chi connectivity index (χ1n) is 12.1. The summed E-state index contributed by atoms with van der Waals surface area (Å²) in [6.45, 7) is 11.4. The van der Waals surface area contributed by atoms with Crippen LogP contribution in [0.3, 0.4) is 0 Å². The molecule has 6 heteroatoms. The fourth-order valence-electron chi connectivity index (χ4n) is 5.66. The molecule has 0 spiro atoms. The molecule has 176 valence electrons. The predicted molar refractivity (Wildman–Crippen MR) is 133 cm³/mol. The molecule has 1 fully saturated rings. The van der Waals surface area contributed by atoms with E-state index in [-0.39, 0.29) is 6.09 Å². The number of hydrogen-bond acceptors (Lipinski definition) is 5. The summed E-state index contributed by atoms with van der Waals surface area (Å²) in [6.07, 6.45) is 1.88. The normalized spacial score (nSPS) is 21.6. The largest absolute Gasteiger partial charge is 0.497 e. The average molecular weight is 450 g/mol. The first-order chi connectivity index (χ1) is 15.7. The van der Waals surface area contributed by atoms with Gasteiger partial charge >= 0.3 is 6.09 Å². The second-order valence-corrected chi connectivity index (χ2v) is 10.5. The zero-order valence-electron chi connectivity index (χ0n) is 20.4. The molecule has 1 N–H and O–H groups in total. The van der Waals surface area contributed by atoms with Crippen LogP contribution in [0.5, 0.6) is 5.75 Å². The van der Waals surface area contributed by atoms with Gasteiger partial charge in [-0.1, -0.05) is 6.07 Å². The number of piperidine rings is 1. The Morgan fingerprint density at radius 2 is 1.97 bits per heavy atom. The van der Waals surface area contributed by atoms with Gasteiger partial charge in [-0.05, 0) is 87.1 Å². The van der Waals surface area contributed by atoms with E-state index in [4.69, 9.17) is 9.47 Å². The molecule has 0 radical (unpaired) electrons. The van der Waals surface area contributed by atoms with Crippen LogP contribution in [0.15, 0.2) is 30.3 Å². The number of amides is 1. The summed E-state index contributed by atoms with van der Waals surface area (Å²) in [5, 5.41) is 3.69. The van der Waals surface area contributed by atoms with E-state index >= 15 is 0 Å². The van der Waals surface area contributed by atoms with Crippen molar-refractivity contribution in [3.63, 3.8) is 0 Å². The molecule has 0 unspecified atom stereocenters. The summed E-state index contributed by atoms with van der Waals surface area (Å²) in [6, 6.07) is 11.4. The molecule has 0 aromatic heterocycles. The van der Waals surface area contributed by atoms with Crippen molar-refractivity contribution in [3.8, 4) is 16.9 Å². The van der Waals surface area contributed by atoms with Crippen LogP contribution < -0.4 is 15.0 Å². The number of nitrogens with one attached hydrogen (secondary N) is 1. The smallest absolute Gasteiger partial charge is 0.410 e. The molecule has 1 amide bonds. The number of ether oxygens (including phenoxy) is 2. The topological polar surface area (TPSA) is 54.0 Å². The third-order valence-corrected chi connectivity index (χ3v) is 7.09. The molecule has 2 aromatic rings. The van der Waals surface area contributed by atoms with Gasteiger partial charge in [0.25, 0.3) is 0 Å². The molecule has 0 aliphatic carbocycles. The van der Waals surface area contributed by atoms with E-state index in [1.54, 1.807) is 7.11 Å². The maximum absolute atomic E-state index is 12.9. The Labute approximate surface area is 196 Å². The molecule has 3 heterocycles. The number of nitrogens with zero attached hydrogens (tertiary/aromatic N) is 2. The second kappa shape index (κ2) is 8.15. The van der Waals surface area contributed by atoms with Crippen molar-refractivity contribution >= 4 is 17.5 Å². The molecule has 1 saturated heterocycles. The number of likely N-dealkylation sites (tertiary alicyclic amines) is 1. The zero-order chi connectivity index (χ0) is 23.3. The van der Waals surface area contributed by atoms with Crippen LogP contribution in [-0.2, 0) is 4.74 Å². The van der Waals surface area contributed by atoms with Gasteiger partial charge in [-0.25, -0.2) is 4.79 Å². The summed E-state index contributed by atoms with van der Waals surface area (Å²) < 4.78 is 11.1. The second-order valence-electron chi connectivity index (χ2n) is 10.5. The van der Waals surface area contributed by atoms with Gasteiger partial charge in [0.05, 0.1) is 18.5 Å². The Kier molecular flexibility index (Phi) is 5.42. The average Bonchev–Trinajstić information content (AvgIpc) is 2.92. The number of aryl methyl sites for hydroxylation is 1. The van der Waals surface area contributed by atoms with E-state index in [1.807, 2.05) is 31.7 Å². The molecule has 3 aliphatic heterocycles. The predicted octanol–water partition coefficient (Wildman–Crippen LogP) is 5.40. The number of methoxy groups -OCH3 is 1. The number of benzene rings is 2. The SMILES string of the molecule is COc1ccc(-c2cc3c4c(c2)[C@@H]2CN(C(=O)OC(C)(C)C)CC[C@@H]2N4CCCN3)c(C)c1. The fourth-order valence-corrected chi connectivity index (χ4v) is 5.66. The van der Waals surface area contributed by atoms with Gasteiger partial charge in [0.2, 0.25) is 0 Å². The van der Waals surface area contributed by atoms with Gasteiger partial charge in [0, 0.05) is 38.1 Å². The van der Waals surface area contributed by atoms with Crippen molar-refractivity contribution in [2.75, 3.05) is 43.5 Å². The highest BCUT2D eigenvalue weighted by molar-refractivity contribution is 5.86. The van der Waals surface area contributed by atoms with Crippen LogP contribution in [0.1, 0.15) is 50.7 Å². The van der Waals surface area contributed by atoms with Crippen molar-refractivity contribution in [3.05, 3.63) is 41.5 Å². The highest BCUT2D eigenvalue weighted by Crippen LogP contribution is 2.51. The Balaban J connectivity index is 1.54. The minimum atomic E-state index is -0.482. The van der Waals surface area contributed by atoms with Crippen LogP contribution in [0.25, 0.3) is 11.1 Å². The molecular formula is C27H35N3O3. The molecule has 0 saturated carbocycles. The zero-order valence-corrected chi connectivity index (χ0v) is 20.4. The number of carbonyl (C=O) groups is 1. The van der Waals surface area contributed by atoms with Crippen molar-refractivity contribution < 1.29 is 14.3 Å². The van der Waals surface area contributed by atoms with Crippen molar-refractivity contribution in [1.29, 1.82) is 0 Å². The number of carbonyl (C=O) groups excluding carboxylic acids is 1. The maximum atomic E-state index is 12.9. The Morgan fingerprint density at radius 3 is 2.70 bits per heavy atom. The molecule has 0 bridgehead atoms. The summed E-state index contributed by atoms with van der Waals surface area (Å²) >= 11 is 0. The minimum absolute atomic E-state index is 0.200. The van der Waals surface area contributed by atoms with Gasteiger partial charge in [-0.2, -0.15) is 0 Å². The standard InChI is InChI=1S/C27H35N3O3/c1-17-13-19(32-5)7-8-20(17)18-14-21-22-16-29(26(31)33-27(2,3)4)12-9-24(22)30-11-6-10-28-23(15-18)25(21)30/h7-8,13-15,22,24,28H,6,9-12,16H2,1-5H3/t22-,24-/m0/s1. The summed E-state index contributed by atoms with van der Waals surface area (Å²) in [7, 11) is 1.70. The van der Waals surface area contributed by atoms with Gasteiger partial charge in [-0.3, -0.25) is 0 Å². The Morgan fingerprint density at radius 1 is 1.15 bits per heavy atom. The van der Waals surface area contributed by atoms with E-state index in [9.17, 15) is 4.79 Å². The lowest BCUT2D eigenvalue weighted by Crippen LogP contribution is -2.49. The number of anilines is 2. The summed E-state index contributed by atoms with van der Waals surface area (Å²) in [5.74, 6) is 1.17. The number of fused-ring (bicyclic) bond motifs is 3. The van der Waals surface area contributed by atoms with E-state index in [2.05, 4.69) is 41.4 Å². The van der Waals surface area contributed by atoms with E-state index in [1.165, 1.54) is 33.6 Å². The maximum Gasteiger partial charge on any atom is 0.410 e. The summed E-state index contributed by atoms with van der Waals surface area (Å²) in [4.78, 5) is 17.4. The quantitative estimate of drug-likeness (QED) is 0.665. The molecule has 5 rings (SSSR count). The van der Waals surface area contributed by atoms with Crippen LogP contribution >= 0.6 is 0 Å². The fraction of sp³-hybridized carbons (Fsp3) is 0.519. The Bertz CT molecular complexity index is 1080. The van der Waals surface area contributed by atoms with E-state index in [0.717, 1.165) is 38.2 Å². The van der Waals surface area contributed by atoms with Crippen molar-refractivity contribution in [2.45, 2.75) is 58.1 Å². The van der Waals surface area contributed by atoms with Gasteiger partial charge < -0.3 is 24.6 Å². The molecule has 3 aliphatic rings. The molecular weight excluding hydrogens is 414 g/mol. The van der Waals surface area contributed by atoms with Crippen molar-refractivity contribution in [1.82, 2.24) is 4.90 Å². The number of rotatable bonds is 2. The summed E-state index contributed by atoms with van der Waals surface area (Å²) in [5.41, 5.74) is 7.05. The molecule has 6 nitrogen and oxygen atoms in total. The van der Waals surface area contributed by atoms with Crippen LogP contribution in [0.2, 0.25) is 0 Å². The third-order valence-electron chi connectivity index (χ3n) is 7.09. The van der Waals surface area contributed by atoms with Crippen LogP contribution in [0.4, 0.5) is 16.2 Å². The highest BCUT2D eigenvalue weighted by Gasteiger charge is 2.45. The van der Waals surface area contributed by atoms with E-state index in [0.29, 0.717) is 18.5 Å². The Hall–Kier alpha value is -2.89. The molecule has 33 heavy (non-hydrogen) atoms. The molecule has 2 aromatic carbocycles. The van der Waals surface area contributed by atoms with Crippen LogP contribution in [-0.4, -0.2) is 55.9 Å². The van der Waals surface area contributed by atoms with Crippen molar-refractivity contribution in [2.24, 2.45) is 0 Å². The van der Waals surface area contributed by atoms with Crippen LogP contribution in [0, 0.1) is 6.92 Å². The van der Waals surface area contributed by atoms with Gasteiger partial charge in [0.15, 0.2) is 0 Å². The number of hydrogen-bond donors (Lipinski definition) is 1. The molecule has 2 atom stereocenters. The lowest BCUT2D eigenvalue weighted by Gasteiger charge is -2.39. The van der Waals surface area contributed by atoms with E-state index < -0.39 is 5.60 Å². The third kappa shape index (κ3) is 4.00. The minimum Gasteiger partial charge on any atom is -0.497 e. The van der Waals surface area contributed by atoms with Gasteiger partial charge in [0.1, 0.15) is 11.4 Å². The monoisotopic (exact) mass is 449 g/mol. The lowest BCUT2D eigenvalue weighted by atomic mass is 9.87. The first-order valence-corrected chi connectivity index (χ1v) is 12.1. The van der Waals surface area contributed by atoms with Gasteiger partial charge in [-0.15, -0.1) is 0 Å². The first kappa shape index (κ1) is 21.9. The lowest BCUT2D eigenvalue weighted by molar-refractivity contribution is 0.0189. The highest BCUT2D eigenvalue weighted by atomic mass is 16.6.